The number of nitrogens with zero attached hydrogens (tertiary/aromatic N) is 2. The number of fused-ring (bicyclic) bond motifs is 3. The van der Waals surface area contributed by atoms with Gasteiger partial charge in [0.15, 0.2) is 11.5 Å². The molecule has 0 radical (unpaired) electrons. The molecule has 0 aliphatic heterocycles. The Hall–Kier alpha value is -3.25. The van der Waals surface area contributed by atoms with E-state index in [1.807, 2.05) is 57.2 Å². The number of hydrogen-bond donors (Lipinski definition) is 0. The molecule has 2 aromatic carbocycles. The Bertz CT molecular complexity index is 1260. The van der Waals surface area contributed by atoms with E-state index in [1.54, 1.807) is 25.4 Å². The van der Waals surface area contributed by atoms with E-state index < -0.39 is 11.7 Å². The third-order valence-corrected chi connectivity index (χ3v) is 4.92. The second-order valence-corrected chi connectivity index (χ2v) is 8.52. The van der Waals surface area contributed by atoms with E-state index in [4.69, 9.17) is 25.8 Å². The second kappa shape index (κ2) is 8.12. The zero-order valence-electron chi connectivity index (χ0n) is 17.8. The van der Waals surface area contributed by atoms with E-state index in [1.165, 1.54) is 4.57 Å². The molecule has 4 aromatic rings. The van der Waals surface area contributed by atoms with Gasteiger partial charge in [-0.05, 0) is 32.4 Å². The van der Waals surface area contributed by atoms with Gasteiger partial charge < -0.3 is 14.2 Å². The summed E-state index contributed by atoms with van der Waals surface area (Å²) in [5.74, 6) is 1.08. The minimum absolute atomic E-state index is 0.285. The van der Waals surface area contributed by atoms with Crippen LogP contribution in [0.3, 0.4) is 0 Å². The summed E-state index contributed by atoms with van der Waals surface area (Å²) in [6.07, 6.45) is 1.14. The quantitative estimate of drug-likeness (QED) is 0.354. The van der Waals surface area contributed by atoms with Crippen LogP contribution in [0.2, 0.25) is 5.15 Å². The van der Waals surface area contributed by atoms with Crippen LogP contribution >= 0.6 is 11.6 Å². The molecule has 0 atom stereocenters. The fourth-order valence-electron chi connectivity index (χ4n) is 3.40. The summed E-state index contributed by atoms with van der Waals surface area (Å²) < 4.78 is 18.8. The van der Waals surface area contributed by atoms with Gasteiger partial charge in [-0.2, -0.15) is 0 Å². The smallest absolute Gasteiger partial charge is 0.419 e. The van der Waals surface area contributed by atoms with Crippen molar-refractivity contribution in [2.75, 3.05) is 7.11 Å². The Morgan fingerprint density at radius 3 is 2.42 bits per heavy atom. The van der Waals surface area contributed by atoms with Crippen LogP contribution < -0.4 is 9.47 Å². The molecule has 0 saturated heterocycles. The van der Waals surface area contributed by atoms with Gasteiger partial charge in [-0.15, -0.1) is 0 Å². The molecule has 2 aromatic heterocycles. The predicted octanol–water partition coefficient (Wildman–Crippen LogP) is 6.21. The zero-order chi connectivity index (χ0) is 22.2. The van der Waals surface area contributed by atoms with Crippen molar-refractivity contribution in [2.24, 2.45) is 0 Å². The van der Waals surface area contributed by atoms with Crippen LogP contribution in [0.25, 0.3) is 21.8 Å². The van der Waals surface area contributed by atoms with Crippen LogP contribution in [0.15, 0.2) is 54.7 Å². The lowest BCUT2D eigenvalue weighted by Crippen LogP contribution is -2.27. The molecular weight excluding hydrogens is 416 g/mol. The molecular formula is C24H23ClN2O4. The summed E-state index contributed by atoms with van der Waals surface area (Å²) >= 11 is 6.14. The standard InChI is InChI=1S/C24H23ClN2O4/c1-24(2,3)31-23(28)27-18-11-21(30-14-15-8-6-5-7-9-15)20(29-4)10-16(18)17-13-26-22(25)12-19(17)27/h5-13H,14H2,1-4H3. The highest BCUT2D eigenvalue weighted by Gasteiger charge is 2.24. The summed E-state index contributed by atoms with van der Waals surface area (Å²) in [5, 5.41) is 1.83. The predicted molar refractivity (Wildman–Crippen MR) is 121 cm³/mol. The minimum Gasteiger partial charge on any atom is -0.493 e. The Morgan fingerprint density at radius 2 is 1.74 bits per heavy atom. The number of aromatic nitrogens is 2. The number of methoxy groups -OCH3 is 1. The summed E-state index contributed by atoms with van der Waals surface area (Å²) in [5.41, 5.74) is 1.59. The van der Waals surface area contributed by atoms with Gasteiger partial charge in [-0.1, -0.05) is 41.9 Å². The average molecular weight is 439 g/mol. The SMILES string of the molecule is COc1cc2c3cnc(Cl)cc3n(C(=O)OC(C)(C)C)c2cc1OCc1ccccc1. The molecule has 0 bridgehead atoms. The van der Waals surface area contributed by atoms with Crippen LogP contribution in [-0.4, -0.2) is 28.4 Å². The van der Waals surface area contributed by atoms with Crippen molar-refractivity contribution in [1.29, 1.82) is 0 Å². The highest BCUT2D eigenvalue weighted by Crippen LogP contribution is 2.38. The number of halogens is 1. The third-order valence-electron chi connectivity index (χ3n) is 4.72. The van der Waals surface area contributed by atoms with Crippen molar-refractivity contribution in [1.82, 2.24) is 9.55 Å². The number of pyridine rings is 1. The number of benzene rings is 2. The maximum absolute atomic E-state index is 13.1. The van der Waals surface area contributed by atoms with Crippen molar-refractivity contribution in [3.63, 3.8) is 0 Å². The molecule has 0 saturated carbocycles. The van der Waals surface area contributed by atoms with Crippen molar-refractivity contribution < 1.29 is 19.0 Å². The van der Waals surface area contributed by atoms with Crippen LogP contribution in [-0.2, 0) is 11.3 Å². The fraction of sp³-hybridized carbons (Fsp3) is 0.250. The summed E-state index contributed by atoms with van der Waals surface area (Å²) in [6, 6.07) is 15.1. The highest BCUT2D eigenvalue weighted by molar-refractivity contribution is 6.30. The van der Waals surface area contributed by atoms with Gasteiger partial charge in [-0.25, -0.2) is 14.3 Å². The first-order chi connectivity index (χ1) is 14.8. The highest BCUT2D eigenvalue weighted by atomic mass is 35.5. The van der Waals surface area contributed by atoms with Crippen LogP contribution in [0, 0.1) is 0 Å². The molecule has 0 unspecified atom stereocenters. The molecule has 0 aliphatic rings. The van der Waals surface area contributed by atoms with E-state index in [9.17, 15) is 4.79 Å². The molecule has 31 heavy (non-hydrogen) atoms. The number of hydrogen-bond acceptors (Lipinski definition) is 5. The Morgan fingerprint density at radius 1 is 1.03 bits per heavy atom. The van der Waals surface area contributed by atoms with Crippen molar-refractivity contribution >= 4 is 39.5 Å². The lowest BCUT2D eigenvalue weighted by Gasteiger charge is -2.20. The largest absolute Gasteiger partial charge is 0.493 e. The average Bonchev–Trinajstić information content (AvgIpc) is 3.03. The summed E-state index contributed by atoms with van der Waals surface area (Å²) in [6.45, 7) is 5.84. The Kier molecular flexibility index (Phi) is 5.50. The van der Waals surface area contributed by atoms with E-state index in [0.29, 0.717) is 29.1 Å². The molecule has 0 aliphatic carbocycles. The van der Waals surface area contributed by atoms with Gasteiger partial charge >= 0.3 is 6.09 Å². The van der Waals surface area contributed by atoms with E-state index in [2.05, 4.69) is 4.98 Å². The first-order valence-electron chi connectivity index (χ1n) is 9.84. The Balaban J connectivity index is 1.88. The van der Waals surface area contributed by atoms with Gasteiger partial charge in [0, 0.05) is 29.1 Å². The van der Waals surface area contributed by atoms with Crippen molar-refractivity contribution in [3.05, 3.63) is 65.4 Å². The second-order valence-electron chi connectivity index (χ2n) is 8.13. The van der Waals surface area contributed by atoms with E-state index >= 15 is 0 Å². The number of carbonyl (C=O) groups excluding carboxylic acids is 1. The van der Waals surface area contributed by atoms with Gasteiger partial charge in [0.25, 0.3) is 0 Å². The molecule has 6 nitrogen and oxygen atoms in total. The molecule has 160 valence electrons. The molecule has 0 amide bonds. The van der Waals surface area contributed by atoms with Gasteiger partial charge in [0.2, 0.25) is 0 Å². The molecule has 0 fully saturated rings. The summed E-state index contributed by atoms with van der Waals surface area (Å²) in [4.78, 5) is 17.3. The van der Waals surface area contributed by atoms with Crippen LogP contribution in [0.1, 0.15) is 26.3 Å². The molecule has 0 N–H and O–H groups in total. The number of ether oxygens (including phenoxy) is 3. The van der Waals surface area contributed by atoms with Crippen LogP contribution in [0.4, 0.5) is 4.79 Å². The topological polar surface area (TPSA) is 62.6 Å². The lowest BCUT2D eigenvalue weighted by molar-refractivity contribution is 0.0551. The van der Waals surface area contributed by atoms with Gasteiger partial charge in [-0.3, -0.25) is 0 Å². The van der Waals surface area contributed by atoms with Crippen molar-refractivity contribution in [3.8, 4) is 11.5 Å². The van der Waals surface area contributed by atoms with Gasteiger partial charge in [0.05, 0.1) is 18.1 Å². The van der Waals surface area contributed by atoms with E-state index in [-0.39, 0.29) is 5.15 Å². The van der Waals surface area contributed by atoms with Crippen molar-refractivity contribution in [2.45, 2.75) is 33.0 Å². The third kappa shape index (κ3) is 4.30. The maximum atomic E-state index is 13.1. The lowest BCUT2D eigenvalue weighted by atomic mass is 10.2. The Labute approximate surface area is 185 Å². The first kappa shape index (κ1) is 21.0. The zero-order valence-corrected chi connectivity index (χ0v) is 18.6. The minimum atomic E-state index is -0.657. The summed E-state index contributed by atoms with van der Waals surface area (Å²) in [7, 11) is 1.58. The normalized spacial score (nSPS) is 11.6. The first-order valence-corrected chi connectivity index (χ1v) is 10.2. The number of rotatable bonds is 4. The fourth-order valence-corrected chi connectivity index (χ4v) is 3.56. The monoisotopic (exact) mass is 438 g/mol. The molecule has 2 heterocycles. The molecule has 4 rings (SSSR count). The van der Waals surface area contributed by atoms with Gasteiger partial charge in [0.1, 0.15) is 17.4 Å². The van der Waals surface area contributed by atoms with Crippen LogP contribution in [0.5, 0.6) is 11.5 Å². The molecule has 0 spiro atoms. The molecule has 7 heteroatoms. The maximum Gasteiger partial charge on any atom is 0.419 e. The van der Waals surface area contributed by atoms with E-state index in [0.717, 1.165) is 16.3 Å². The number of carbonyl (C=O) groups is 1.